The van der Waals surface area contributed by atoms with Crippen LogP contribution in [0.15, 0.2) is 0 Å². The monoisotopic (exact) mass is 267 g/mol. The summed E-state index contributed by atoms with van der Waals surface area (Å²) in [5, 5.41) is 0. The highest BCUT2D eigenvalue weighted by Gasteiger charge is 2.50. The fraction of sp³-hybridized carbons (Fsp3) is 0.929. The van der Waals surface area contributed by atoms with Crippen LogP contribution in [-0.4, -0.2) is 67.7 Å². The maximum absolute atomic E-state index is 12.4. The van der Waals surface area contributed by atoms with Crippen LogP contribution in [0, 0.1) is 5.41 Å². The summed E-state index contributed by atoms with van der Waals surface area (Å²) in [6, 6.07) is 0. The quantitative estimate of drug-likeness (QED) is 0.782. The lowest BCUT2D eigenvalue weighted by atomic mass is 10.1. The predicted molar refractivity (Wildman–Crippen MR) is 72.7 cm³/mol. The Morgan fingerprint density at radius 2 is 2.00 bits per heavy atom. The molecule has 2 saturated heterocycles. The van der Waals surface area contributed by atoms with E-state index in [9.17, 15) is 4.79 Å². The van der Waals surface area contributed by atoms with Crippen LogP contribution in [0.1, 0.15) is 25.7 Å². The van der Waals surface area contributed by atoms with Gasteiger partial charge in [-0.15, -0.1) is 0 Å². The number of ether oxygens (including phenoxy) is 1. The van der Waals surface area contributed by atoms with Crippen molar-refractivity contribution < 1.29 is 9.53 Å². The third kappa shape index (κ3) is 2.78. The number of nitrogens with two attached hydrogens (primary N) is 1. The number of carbonyl (C=O) groups is 1. The molecular weight excluding hydrogens is 242 g/mol. The van der Waals surface area contributed by atoms with E-state index in [0.717, 1.165) is 52.2 Å². The van der Waals surface area contributed by atoms with Gasteiger partial charge in [-0.05, 0) is 25.7 Å². The lowest BCUT2D eigenvalue weighted by Gasteiger charge is -2.37. The van der Waals surface area contributed by atoms with Crippen LogP contribution in [0.5, 0.6) is 0 Å². The summed E-state index contributed by atoms with van der Waals surface area (Å²) in [6.45, 7) is 6.13. The van der Waals surface area contributed by atoms with Gasteiger partial charge in [0.2, 0.25) is 5.91 Å². The van der Waals surface area contributed by atoms with Crippen LogP contribution < -0.4 is 5.73 Å². The highest BCUT2D eigenvalue weighted by Crippen LogP contribution is 2.46. The van der Waals surface area contributed by atoms with Gasteiger partial charge in [0.1, 0.15) is 0 Å². The van der Waals surface area contributed by atoms with Crippen LogP contribution in [0.2, 0.25) is 0 Å². The number of carbonyl (C=O) groups excluding carboxylic acids is 1. The third-order valence-corrected chi connectivity index (χ3v) is 4.84. The number of piperazine rings is 1. The Morgan fingerprint density at radius 3 is 2.53 bits per heavy atom. The molecule has 3 aliphatic rings. The Balaban J connectivity index is 1.45. The highest BCUT2D eigenvalue weighted by molar-refractivity contribution is 5.85. The molecule has 1 amide bonds. The molecule has 0 bridgehead atoms. The molecule has 2 aliphatic heterocycles. The molecule has 5 nitrogen and oxygen atoms in total. The largest absolute Gasteiger partial charge is 0.377 e. The summed E-state index contributed by atoms with van der Waals surface area (Å²) in [7, 11) is 0. The van der Waals surface area contributed by atoms with Gasteiger partial charge in [0.25, 0.3) is 0 Å². The third-order valence-electron chi connectivity index (χ3n) is 4.84. The molecule has 1 aliphatic carbocycles. The number of hydrogen-bond acceptors (Lipinski definition) is 4. The van der Waals surface area contributed by atoms with Crippen molar-refractivity contribution in [3.63, 3.8) is 0 Å². The van der Waals surface area contributed by atoms with Crippen LogP contribution in [0.3, 0.4) is 0 Å². The first kappa shape index (κ1) is 13.3. The van der Waals surface area contributed by atoms with Gasteiger partial charge in [-0.2, -0.15) is 0 Å². The van der Waals surface area contributed by atoms with E-state index in [1.54, 1.807) is 0 Å². The summed E-state index contributed by atoms with van der Waals surface area (Å²) in [6.07, 6.45) is 4.77. The second kappa shape index (κ2) is 5.38. The molecule has 2 heterocycles. The van der Waals surface area contributed by atoms with Crippen molar-refractivity contribution in [1.82, 2.24) is 9.80 Å². The second-order valence-electron chi connectivity index (χ2n) is 6.21. The fourth-order valence-electron chi connectivity index (χ4n) is 3.20. The Labute approximate surface area is 115 Å². The van der Waals surface area contributed by atoms with E-state index in [1.165, 1.54) is 12.8 Å². The molecule has 108 valence electrons. The van der Waals surface area contributed by atoms with Gasteiger partial charge in [0, 0.05) is 45.9 Å². The normalized spacial score (nSPS) is 30.6. The minimum Gasteiger partial charge on any atom is -0.377 e. The van der Waals surface area contributed by atoms with E-state index in [4.69, 9.17) is 10.5 Å². The van der Waals surface area contributed by atoms with Gasteiger partial charge in [0.15, 0.2) is 0 Å². The van der Waals surface area contributed by atoms with E-state index >= 15 is 0 Å². The van der Waals surface area contributed by atoms with Crippen molar-refractivity contribution in [3.8, 4) is 0 Å². The number of amides is 1. The van der Waals surface area contributed by atoms with E-state index in [-0.39, 0.29) is 5.41 Å². The summed E-state index contributed by atoms with van der Waals surface area (Å²) >= 11 is 0. The summed E-state index contributed by atoms with van der Waals surface area (Å²) in [5.41, 5.74) is 5.55. The lowest BCUT2D eigenvalue weighted by Crippen LogP contribution is -2.52. The van der Waals surface area contributed by atoms with E-state index in [0.29, 0.717) is 18.6 Å². The Kier molecular flexibility index (Phi) is 3.78. The van der Waals surface area contributed by atoms with E-state index in [1.807, 2.05) is 4.90 Å². The smallest absolute Gasteiger partial charge is 0.230 e. The molecule has 19 heavy (non-hydrogen) atoms. The molecule has 0 aromatic heterocycles. The summed E-state index contributed by atoms with van der Waals surface area (Å²) in [4.78, 5) is 16.8. The Morgan fingerprint density at radius 1 is 1.26 bits per heavy atom. The average Bonchev–Trinajstić information content (AvgIpc) is 3.09. The minimum atomic E-state index is -0.184. The fourth-order valence-corrected chi connectivity index (χ4v) is 3.20. The van der Waals surface area contributed by atoms with Gasteiger partial charge in [-0.3, -0.25) is 9.69 Å². The van der Waals surface area contributed by atoms with E-state index < -0.39 is 0 Å². The predicted octanol–water partition coefficient (Wildman–Crippen LogP) is 0.0485. The molecule has 2 N–H and O–H groups in total. The SMILES string of the molecule is NCC1(C(=O)N2CCN(CC3CCCO3)CC2)CC1. The van der Waals surface area contributed by atoms with Gasteiger partial charge in [0.05, 0.1) is 11.5 Å². The van der Waals surface area contributed by atoms with Crippen LogP contribution >= 0.6 is 0 Å². The van der Waals surface area contributed by atoms with Crippen molar-refractivity contribution >= 4 is 5.91 Å². The average molecular weight is 267 g/mol. The molecule has 0 spiro atoms. The molecule has 1 unspecified atom stereocenters. The first-order valence-corrected chi connectivity index (χ1v) is 7.57. The second-order valence-corrected chi connectivity index (χ2v) is 6.21. The maximum Gasteiger partial charge on any atom is 0.230 e. The zero-order chi connectivity index (χ0) is 13.3. The number of rotatable bonds is 4. The summed E-state index contributed by atoms with van der Waals surface area (Å²) in [5.74, 6) is 0.298. The Hall–Kier alpha value is -0.650. The molecular formula is C14H25N3O2. The zero-order valence-electron chi connectivity index (χ0n) is 11.6. The van der Waals surface area contributed by atoms with Crippen molar-refractivity contribution in [2.75, 3.05) is 45.9 Å². The maximum atomic E-state index is 12.4. The van der Waals surface area contributed by atoms with Gasteiger partial charge in [-0.1, -0.05) is 0 Å². The Bertz CT molecular complexity index is 330. The van der Waals surface area contributed by atoms with Crippen LogP contribution in [0.4, 0.5) is 0 Å². The summed E-state index contributed by atoms with van der Waals surface area (Å²) < 4.78 is 5.67. The molecule has 3 fully saturated rings. The topological polar surface area (TPSA) is 58.8 Å². The molecule has 0 radical (unpaired) electrons. The first-order chi connectivity index (χ1) is 9.23. The first-order valence-electron chi connectivity index (χ1n) is 7.57. The zero-order valence-corrected chi connectivity index (χ0v) is 11.6. The molecule has 0 aromatic carbocycles. The van der Waals surface area contributed by atoms with Crippen molar-refractivity contribution in [2.45, 2.75) is 31.8 Å². The standard InChI is InChI=1S/C14H25N3O2/c15-11-14(3-4-14)13(18)17-7-5-16(6-8-17)10-12-2-1-9-19-12/h12H,1-11,15H2. The molecule has 0 aromatic rings. The highest BCUT2D eigenvalue weighted by atomic mass is 16.5. The number of hydrogen-bond donors (Lipinski definition) is 1. The molecule has 1 atom stereocenters. The van der Waals surface area contributed by atoms with Gasteiger partial charge >= 0.3 is 0 Å². The van der Waals surface area contributed by atoms with Crippen molar-refractivity contribution in [1.29, 1.82) is 0 Å². The van der Waals surface area contributed by atoms with Gasteiger partial charge < -0.3 is 15.4 Å². The molecule has 3 rings (SSSR count). The van der Waals surface area contributed by atoms with Crippen molar-refractivity contribution in [2.24, 2.45) is 11.1 Å². The van der Waals surface area contributed by atoms with E-state index in [2.05, 4.69) is 4.90 Å². The lowest BCUT2D eigenvalue weighted by molar-refractivity contribution is -0.138. The van der Waals surface area contributed by atoms with Gasteiger partial charge in [-0.25, -0.2) is 0 Å². The van der Waals surface area contributed by atoms with Crippen LogP contribution in [-0.2, 0) is 9.53 Å². The molecule has 5 heteroatoms. The number of nitrogens with zero attached hydrogens (tertiary/aromatic N) is 2. The van der Waals surface area contributed by atoms with Crippen molar-refractivity contribution in [3.05, 3.63) is 0 Å². The molecule has 1 saturated carbocycles. The minimum absolute atomic E-state index is 0.184. The van der Waals surface area contributed by atoms with Crippen LogP contribution in [0.25, 0.3) is 0 Å².